The second-order valence-electron chi connectivity index (χ2n) is 3.19. The van der Waals surface area contributed by atoms with E-state index in [1.807, 2.05) is 0 Å². The molecule has 1 rings (SSSR count). The molecule has 0 aliphatic heterocycles. The second-order valence-corrected chi connectivity index (χ2v) is 3.19. The first-order valence-electron chi connectivity index (χ1n) is 4.36. The molecular weight excluding hydrogens is 240 g/mol. The summed E-state index contributed by atoms with van der Waals surface area (Å²) >= 11 is 0. The highest BCUT2D eigenvalue weighted by Gasteiger charge is 2.13. The summed E-state index contributed by atoms with van der Waals surface area (Å²) in [5.74, 6) is -1.14. The Hall–Kier alpha value is -1.20. The molecule has 6 heteroatoms. The van der Waals surface area contributed by atoms with E-state index in [2.05, 4.69) is 0 Å². The van der Waals surface area contributed by atoms with Crippen LogP contribution in [0.3, 0.4) is 0 Å². The van der Waals surface area contributed by atoms with Crippen LogP contribution in [0.25, 0.3) is 0 Å². The van der Waals surface area contributed by atoms with Crippen molar-refractivity contribution in [3.05, 3.63) is 35.4 Å². The summed E-state index contributed by atoms with van der Waals surface area (Å²) in [6.45, 7) is 0. The molecule has 0 aromatic heterocycles. The fraction of sp³-hybridized carbons (Fsp3) is 0.300. The maximum atomic E-state index is 12.3. The van der Waals surface area contributed by atoms with Crippen LogP contribution in [-0.4, -0.2) is 17.1 Å². The van der Waals surface area contributed by atoms with Gasteiger partial charge in [-0.1, -0.05) is 24.3 Å². The van der Waals surface area contributed by atoms with Crippen molar-refractivity contribution in [3.63, 3.8) is 0 Å². The van der Waals surface area contributed by atoms with Crippen molar-refractivity contribution < 1.29 is 18.7 Å². The third kappa shape index (κ3) is 4.12. The van der Waals surface area contributed by atoms with E-state index < -0.39 is 18.4 Å². The number of rotatable bonds is 4. The van der Waals surface area contributed by atoms with Gasteiger partial charge < -0.3 is 10.8 Å². The summed E-state index contributed by atoms with van der Waals surface area (Å²) in [6, 6.07) is 4.55. The molecule has 0 fully saturated rings. The largest absolute Gasteiger partial charge is 0.480 e. The molecule has 0 aliphatic carbocycles. The number of aliphatic carboxylic acids is 1. The average Bonchev–Trinajstić information content (AvgIpc) is 2.18. The standard InChI is InChI=1S/C10H11F2NO2.ClH/c11-9(12)7-3-1-2-6(4-7)5-8(13)10(14)15;/h1-4,8-9H,5,13H2,(H,14,15);1H/t8-;/m0./s1. The first kappa shape index (κ1) is 14.8. The highest BCUT2D eigenvalue weighted by molar-refractivity contribution is 5.85. The number of hydrogen-bond donors (Lipinski definition) is 2. The molecule has 1 aromatic carbocycles. The maximum Gasteiger partial charge on any atom is 0.320 e. The smallest absolute Gasteiger partial charge is 0.320 e. The monoisotopic (exact) mass is 251 g/mol. The van der Waals surface area contributed by atoms with Gasteiger partial charge in [0.2, 0.25) is 0 Å². The van der Waals surface area contributed by atoms with Gasteiger partial charge in [-0.3, -0.25) is 4.79 Å². The van der Waals surface area contributed by atoms with Crippen LogP contribution < -0.4 is 5.73 Å². The molecular formula is C10H12ClF2NO2. The molecule has 0 spiro atoms. The molecule has 90 valence electrons. The summed E-state index contributed by atoms with van der Waals surface area (Å²) < 4.78 is 24.6. The van der Waals surface area contributed by atoms with Gasteiger partial charge in [-0.2, -0.15) is 0 Å². The van der Waals surface area contributed by atoms with Crippen molar-refractivity contribution >= 4 is 18.4 Å². The van der Waals surface area contributed by atoms with Gasteiger partial charge in [-0.15, -0.1) is 12.4 Å². The first-order valence-corrected chi connectivity index (χ1v) is 4.36. The molecule has 0 bridgehead atoms. The predicted octanol–water partition coefficient (Wildman–Crippen LogP) is 2.00. The molecule has 3 N–H and O–H groups in total. The third-order valence-corrected chi connectivity index (χ3v) is 1.98. The van der Waals surface area contributed by atoms with Gasteiger partial charge in [-0.25, -0.2) is 8.78 Å². The van der Waals surface area contributed by atoms with Crippen molar-refractivity contribution in [2.45, 2.75) is 18.9 Å². The molecule has 0 aliphatic rings. The number of halogens is 3. The minimum absolute atomic E-state index is 0. The van der Waals surface area contributed by atoms with E-state index in [4.69, 9.17) is 10.8 Å². The van der Waals surface area contributed by atoms with Crippen LogP contribution in [-0.2, 0) is 11.2 Å². The van der Waals surface area contributed by atoms with Crippen LogP contribution in [0.4, 0.5) is 8.78 Å². The van der Waals surface area contributed by atoms with Crippen molar-refractivity contribution in [2.75, 3.05) is 0 Å². The van der Waals surface area contributed by atoms with Gasteiger partial charge in [0.15, 0.2) is 0 Å². The van der Waals surface area contributed by atoms with Gasteiger partial charge in [0.1, 0.15) is 6.04 Å². The summed E-state index contributed by atoms with van der Waals surface area (Å²) in [4.78, 5) is 10.4. The van der Waals surface area contributed by atoms with E-state index in [1.54, 1.807) is 6.07 Å². The Labute approximate surface area is 97.7 Å². The SMILES string of the molecule is Cl.N[C@@H](Cc1cccc(C(F)F)c1)C(=O)O. The fourth-order valence-corrected chi connectivity index (χ4v) is 1.20. The molecule has 1 aromatic rings. The van der Waals surface area contributed by atoms with Gasteiger partial charge in [0, 0.05) is 5.56 Å². The van der Waals surface area contributed by atoms with Crippen LogP contribution in [0.15, 0.2) is 24.3 Å². The van der Waals surface area contributed by atoms with E-state index in [0.717, 1.165) is 0 Å². The topological polar surface area (TPSA) is 63.3 Å². The number of carboxylic acid groups (broad SMARTS) is 1. The van der Waals surface area contributed by atoms with Crippen molar-refractivity contribution in [2.24, 2.45) is 5.73 Å². The van der Waals surface area contributed by atoms with Crippen LogP contribution in [0.1, 0.15) is 17.6 Å². The van der Waals surface area contributed by atoms with Crippen LogP contribution in [0.2, 0.25) is 0 Å². The highest BCUT2D eigenvalue weighted by Crippen LogP contribution is 2.19. The Morgan fingerprint density at radius 2 is 2.06 bits per heavy atom. The Morgan fingerprint density at radius 3 is 2.56 bits per heavy atom. The minimum atomic E-state index is -2.55. The van der Waals surface area contributed by atoms with Crippen LogP contribution in [0.5, 0.6) is 0 Å². The summed E-state index contributed by atoms with van der Waals surface area (Å²) in [5.41, 5.74) is 5.67. The molecule has 3 nitrogen and oxygen atoms in total. The van der Waals surface area contributed by atoms with Crippen molar-refractivity contribution in [3.8, 4) is 0 Å². The normalized spacial score (nSPS) is 12.0. The number of alkyl halides is 2. The zero-order valence-electron chi connectivity index (χ0n) is 8.27. The molecule has 0 unspecified atom stereocenters. The number of nitrogens with two attached hydrogens (primary N) is 1. The zero-order chi connectivity index (χ0) is 11.4. The average molecular weight is 252 g/mol. The molecule has 0 saturated carbocycles. The number of carboxylic acids is 1. The summed E-state index contributed by atoms with van der Waals surface area (Å²) in [5, 5.41) is 8.55. The Bertz CT molecular complexity index is 360. The van der Waals surface area contributed by atoms with E-state index in [0.29, 0.717) is 5.56 Å². The third-order valence-electron chi connectivity index (χ3n) is 1.98. The van der Waals surface area contributed by atoms with Crippen LogP contribution in [0, 0.1) is 0 Å². The van der Waals surface area contributed by atoms with Crippen molar-refractivity contribution in [1.82, 2.24) is 0 Å². The lowest BCUT2D eigenvalue weighted by Crippen LogP contribution is -2.32. The highest BCUT2D eigenvalue weighted by atomic mass is 35.5. The molecule has 0 radical (unpaired) electrons. The first-order chi connectivity index (χ1) is 7.00. The second kappa shape index (κ2) is 6.40. The van der Waals surface area contributed by atoms with Crippen LogP contribution >= 0.6 is 12.4 Å². The Kier molecular flexibility index (Phi) is 5.92. The van der Waals surface area contributed by atoms with E-state index in [-0.39, 0.29) is 24.4 Å². The summed E-state index contributed by atoms with van der Waals surface area (Å²) in [7, 11) is 0. The quantitative estimate of drug-likeness (QED) is 0.860. The van der Waals surface area contributed by atoms with Gasteiger partial charge >= 0.3 is 5.97 Å². The van der Waals surface area contributed by atoms with E-state index in [1.165, 1.54) is 18.2 Å². The molecule has 0 saturated heterocycles. The maximum absolute atomic E-state index is 12.3. The van der Waals surface area contributed by atoms with E-state index in [9.17, 15) is 13.6 Å². The Morgan fingerprint density at radius 1 is 1.44 bits per heavy atom. The lowest BCUT2D eigenvalue weighted by molar-refractivity contribution is -0.138. The lowest BCUT2D eigenvalue weighted by Gasteiger charge is -2.07. The predicted molar refractivity (Wildman–Crippen MR) is 58.0 cm³/mol. The minimum Gasteiger partial charge on any atom is -0.480 e. The Balaban J connectivity index is 0.00000225. The van der Waals surface area contributed by atoms with E-state index >= 15 is 0 Å². The molecule has 1 atom stereocenters. The number of hydrogen-bond acceptors (Lipinski definition) is 2. The molecule has 0 heterocycles. The number of carbonyl (C=O) groups is 1. The fourth-order valence-electron chi connectivity index (χ4n) is 1.20. The zero-order valence-corrected chi connectivity index (χ0v) is 9.08. The lowest BCUT2D eigenvalue weighted by atomic mass is 10.0. The summed E-state index contributed by atoms with van der Waals surface area (Å²) in [6.07, 6.45) is -2.50. The number of benzene rings is 1. The van der Waals surface area contributed by atoms with Gasteiger partial charge in [0.25, 0.3) is 6.43 Å². The molecule has 16 heavy (non-hydrogen) atoms. The molecule has 0 amide bonds. The van der Waals surface area contributed by atoms with Gasteiger partial charge in [-0.05, 0) is 12.0 Å². The van der Waals surface area contributed by atoms with Gasteiger partial charge in [0.05, 0.1) is 0 Å². The van der Waals surface area contributed by atoms with Crippen molar-refractivity contribution in [1.29, 1.82) is 0 Å².